The first-order valence-electron chi connectivity index (χ1n) is 32.7. The van der Waals surface area contributed by atoms with Crippen LogP contribution in [0.25, 0.3) is 0 Å². The van der Waals surface area contributed by atoms with Crippen LogP contribution in [0.2, 0.25) is 0 Å². The number of primary amides is 3. The number of nitrogens with zero attached hydrogens (tertiary/aromatic N) is 1. The number of aliphatic hydroxyl groups excluding tert-OH is 2. The maximum atomic E-state index is 14.2. The highest BCUT2D eigenvalue weighted by atomic mass is 16.4. The van der Waals surface area contributed by atoms with Gasteiger partial charge in [0.05, 0.1) is 45.1 Å². The second-order valence-electron chi connectivity index (χ2n) is 24.1. The van der Waals surface area contributed by atoms with E-state index in [1.165, 1.54) is 38.1 Å². The highest BCUT2D eigenvalue weighted by Gasteiger charge is 2.40. The van der Waals surface area contributed by atoms with E-state index in [1.54, 1.807) is 6.07 Å². The Balaban J connectivity index is 2.34. The minimum Gasteiger partial charge on any atom is -0.481 e. The molecule has 1 saturated heterocycles. The van der Waals surface area contributed by atoms with E-state index in [0.717, 1.165) is 4.90 Å². The maximum absolute atomic E-state index is 14.2. The molecule has 0 bridgehead atoms. The second kappa shape index (κ2) is 45.4. The molecular formula is C61H92N18O26. The molecule has 0 radical (unpaired) electrons. The van der Waals surface area contributed by atoms with Crippen LogP contribution in [-0.2, 0) is 102 Å². The number of nitrogens with two attached hydrogens (primary N) is 5. The third-order valence-electron chi connectivity index (χ3n) is 15.5. The monoisotopic (exact) mass is 1490 g/mol. The summed E-state index contributed by atoms with van der Waals surface area (Å²) in [6, 6.07) is -15.2. The van der Waals surface area contributed by atoms with Crippen molar-refractivity contribution in [3.63, 3.8) is 0 Å². The van der Waals surface area contributed by atoms with Crippen molar-refractivity contribution in [2.45, 2.75) is 189 Å². The summed E-state index contributed by atoms with van der Waals surface area (Å²) in [5.74, 6) is -25.1. The number of hydrogen-bond acceptors (Lipinski definition) is 24. The van der Waals surface area contributed by atoms with Crippen molar-refractivity contribution in [2.75, 3.05) is 32.8 Å². The van der Waals surface area contributed by atoms with Crippen LogP contribution in [0, 0.1) is 0 Å². The van der Waals surface area contributed by atoms with Crippen LogP contribution in [0.15, 0.2) is 30.3 Å². The molecule has 1 aromatic carbocycles. The Bertz CT molecular complexity index is 3330. The zero-order chi connectivity index (χ0) is 79.4. The van der Waals surface area contributed by atoms with E-state index in [4.69, 9.17) is 28.7 Å². The number of hydrogen-bond donors (Lipinski definition) is 23. The molecule has 44 heteroatoms. The van der Waals surface area contributed by atoms with Gasteiger partial charge in [0.25, 0.3) is 0 Å². The molecule has 1 fully saturated rings. The van der Waals surface area contributed by atoms with E-state index >= 15 is 0 Å². The molecule has 0 spiro atoms. The number of carbonyl (C=O) groups is 20. The number of carbonyl (C=O) groups excluding carboxylic acids is 16. The number of carboxylic acid groups (broad SMARTS) is 4. The predicted molar refractivity (Wildman–Crippen MR) is 355 cm³/mol. The zero-order valence-corrected chi connectivity index (χ0v) is 57.2. The molecule has 1 aromatic rings. The number of likely N-dealkylation sites (tertiary alicyclic amines) is 1. The van der Waals surface area contributed by atoms with Crippen molar-refractivity contribution in [1.82, 2.24) is 68.7 Å². The normalized spacial score (nSPS) is 15.8. The van der Waals surface area contributed by atoms with Crippen LogP contribution in [0.5, 0.6) is 0 Å². The standard InChI is InChI=1S/C61H92N18O26/c1-28(63)49(92)69-32(13-16-42(64)82)52(95)68-29(2)50(93)70-31(11-6-7-19-62)51(94)67-25-45(85)79-20-8-12-41(79)60(103)72-34(15-18-47(88)89)54(97)77-40(27-81)59(102)78-39(26-80)58(101)73-35(21-30-9-4-3-5-10-30)55(98)74-36(22-43(65)83)56(99)75-37(24-48(90)91)57(100)71-33(14-17-46(86)87)53(96)76-38(61(104)105)23-44(66)84/h3-5,9-10,28-29,31-41,80-81H,6-8,11-27,62-63H2,1-2H3,(H2,64,82)(H2,65,83)(H2,66,84)(H,67,94)(H,68,95)(H,69,92)(H,70,93)(H,71,100)(H,72,103)(H,73,101)(H,74,98)(H,75,99)(H,76,96)(H,77,97)(H,78,102)(H,86,87)(H,88,89)(H,90,91)(H,104,105)/t28-,29-,31-,32-,33-,34-,35-,36-,37-,38-,39-,40-,41-/m0/s1. The molecule has 1 aliphatic rings. The van der Waals surface area contributed by atoms with Crippen molar-refractivity contribution in [1.29, 1.82) is 0 Å². The minimum absolute atomic E-state index is 0.0230. The van der Waals surface area contributed by atoms with Crippen LogP contribution in [0.4, 0.5) is 0 Å². The molecule has 2 rings (SSSR count). The van der Waals surface area contributed by atoms with Gasteiger partial charge in [0.2, 0.25) is 94.5 Å². The summed E-state index contributed by atoms with van der Waals surface area (Å²) in [6.45, 7) is -0.616. The molecule has 44 nitrogen and oxygen atoms in total. The zero-order valence-electron chi connectivity index (χ0n) is 57.2. The lowest BCUT2D eigenvalue weighted by Gasteiger charge is -2.28. The van der Waals surface area contributed by atoms with Crippen LogP contribution in [0.1, 0.15) is 109 Å². The summed E-state index contributed by atoms with van der Waals surface area (Å²) >= 11 is 0. The number of carboxylic acids is 4. The Morgan fingerprint density at radius 1 is 0.448 bits per heavy atom. The highest BCUT2D eigenvalue weighted by Crippen LogP contribution is 2.19. The first kappa shape index (κ1) is 89.5. The lowest BCUT2D eigenvalue weighted by molar-refractivity contribution is -0.144. The van der Waals surface area contributed by atoms with Crippen molar-refractivity contribution in [3.8, 4) is 0 Å². The molecule has 582 valence electrons. The molecule has 13 atom stereocenters. The van der Waals surface area contributed by atoms with Crippen LogP contribution < -0.4 is 92.5 Å². The first-order valence-corrected chi connectivity index (χ1v) is 32.7. The van der Waals surface area contributed by atoms with Crippen LogP contribution in [-0.4, -0.2) is 265 Å². The first-order chi connectivity index (χ1) is 49.3. The van der Waals surface area contributed by atoms with Gasteiger partial charge in [-0.2, -0.15) is 0 Å². The number of unbranched alkanes of at least 4 members (excludes halogenated alkanes) is 1. The van der Waals surface area contributed by atoms with E-state index in [2.05, 4.69) is 42.5 Å². The van der Waals surface area contributed by atoms with Crippen molar-refractivity contribution in [2.24, 2.45) is 28.7 Å². The molecule has 0 unspecified atom stereocenters. The lowest BCUT2D eigenvalue weighted by atomic mass is 10.0. The maximum Gasteiger partial charge on any atom is 0.326 e. The summed E-state index contributed by atoms with van der Waals surface area (Å²) in [5.41, 5.74) is 27.2. The molecule has 1 heterocycles. The summed E-state index contributed by atoms with van der Waals surface area (Å²) in [7, 11) is 0. The number of aliphatic carboxylic acids is 4. The molecule has 0 aliphatic carbocycles. The fourth-order valence-electron chi connectivity index (χ4n) is 9.91. The molecule has 16 amide bonds. The Labute approximate surface area is 598 Å². The van der Waals surface area contributed by atoms with Gasteiger partial charge in [0, 0.05) is 32.2 Å². The quantitative estimate of drug-likeness (QED) is 0.0269. The molecule has 0 aromatic heterocycles. The summed E-state index contributed by atoms with van der Waals surface area (Å²) in [5, 5.41) is 85.1. The smallest absolute Gasteiger partial charge is 0.326 e. The van der Waals surface area contributed by atoms with Crippen molar-refractivity contribution >= 4 is 118 Å². The molecular weight excluding hydrogens is 1400 g/mol. The minimum atomic E-state index is -2.24. The van der Waals surface area contributed by atoms with Crippen LogP contribution >= 0.6 is 0 Å². The van der Waals surface area contributed by atoms with E-state index in [-0.39, 0.29) is 57.2 Å². The summed E-state index contributed by atoms with van der Waals surface area (Å²) in [6.07, 6.45) is -6.78. The lowest BCUT2D eigenvalue weighted by Crippen LogP contribution is -2.62. The van der Waals surface area contributed by atoms with Gasteiger partial charge in [-0.3, -0.25) is 91.1 Å². The third kappa shape index (κ3) is 33.0. The third-order valence-corrected chi connectivity index (χ3v) is 15.5. The van der Waals surface area contributed by atoms with Crippen LogP contribution in [0.3, 0.4) is 0 Å². The van der Waals surface area contributed by atoms with Gasteiger partial charge < -0.3 is 128 Å². The van der Waals surface area contributed by atoms with Crippen molar-refractivity contribution < 1.29 is 127 Å². The molecule has 0 saturated carbocycles. The van der Waals surface area contributed by atoms with E-state index in [1.807, 2.05) is 21.3 Å². The molecule has 1 aliphatic heterocycles. The fraction of sp³-hybridized carbons (Fsp3) is 0.574. The van der Waals surface area contributed by atoms with Gasteiger partial charge in [0.1, 0.15) is 72.5 Å². The van der Waals surface area contributed by atoms with Crippen molar-refractivity contribution in [3.05, 3.63) is 35.9 Å². The Morgan fingerprint density at radius 2 is 0.857 bits per heavy atom. The number of amides is 16. The van der Waals surface area contributed by atoms with Gasteiger partial charge >= 0.3 is 23.9 Å². The summed E-state index contributed by atoms with van der Waals surface area (Å²) in [4.78, 5) is 260. The Morgan fingerprint density at radius 3 is 1.33 bits per heavy atom. The average Bonchev–Trinajstić information content (AvgIpc) is 1.64. The number of benzene rings is 1. The topological polar surface area (TPSA) is 740 Å². The SMILES string of the molecule is C[C@H](N)C(=O)N[C@@H](CCC(N)=O)C(=O)N[C@@H](C)C(=O)N[C@@H](CCCCN)C(=O)NCC(=O)N1CCC[C@H]1C(=O)N[C@@H](CCC(=O)O)C(=O)N[C@@H](CO)C(=O)N[C@@H](CO)C(=O)N[C@@H](Cc1ccccc1)C(=O)N[C@@H](CC(N)=O)C(=O)N[C@@H](CC(=O)O)C(=O)N[C@@H](CCC(=O)O)C(=O)N[C@@H](CC(N)=O)C(=O)O. The van der Waals surface area contributed by atoms with Gasteiger partial charge in [0.15, 0.2) is 0 Å². The molecule has 105 heavy (non-hydrogen) atoms. The van der Waals surface area contributed by atoms with E-state index < -0.39 is 268 Å². The van der Waals surface area contributed by atoms with Gasteiger partial charge in [-0.15, -0.1) is 0 Å². The van der Waals surface area contributed by atoms with E-state index in [9.17, 15) is 127 Å². The van der Waals surface area contributed by atoms with E-state index in [0.29, 0.717) is 6.42 Å². The molecule has 28 N–H and O–H groups in total. The summed E-state index contributed by atoms with van der Waals surface area (Å²) < 4.78 is 0. The predicted octanol–water partition coefficient (Wildman–Crippen LogP) is -11.5. The van der Waals surface area contributed by atoms with Gasteiger partial charge in [-0.05, 0) is 77.3 Å². The number of aliphatic hydroxyl groups is 2. The number of rotatable bonds is 49. The second-order valence-corrected chi connectivity index (χ2v) is 24.1. The Hall–Kier alpha value is -11.5. The van der Waals surface area contributed by atoms with Gasteiger partial charge in [-0.25, -0.2) is 4.79 Å². The fourth-order valence-corrected chi connectivity index (χ4v) is 9.91. The Kier molecular flexibility index (Phi) is 38.8. The average molecular weight is 1490 g/mol. The highest BCUT2D eigenvalue weighted by molar-refractivity contribution is 6.01. The number of nitrogens with one attached hydrogen (secondary N) is 12. The van der Waals surface area contributed by atoms with Gasteiger partial charge in [-0.1, -0.05) is 30.3 Å². The largest absolute Gasteiger partial charge is 0.481 e.